The highest BCUT2D eigenvalue weighted by atomic mass is 32.2. The fourth-order valence-corrected chi connectivity index (χ4v) is 4.58. The summed E-state index contributed by atoms with van der Waals surface area (Å²) in [5.74, 6) is 0.443. The van der Waals surface area contributed by atoms with Gasteiger partial charge in [0.1, 0.15) is 6.04 Å². The van der Waals surface area contributed by atoms with E-state index in [1.165, 1.54) is 20.3 Å². The summed E-state index contributed by atoms with van der Waals surface area (Å²) in [5, 5.41) is 2.94. The number of benzene rings is 2. The van der Waals surface area contributed by atoms with Gasteiger partial charge in [0.05, 0.1) is 32.2 Å². The molecule has 2 unspecified atom stereocenters. The summed E-state index contributed by atoms with van der Waals surface area (Å²) in [7, 11) is -0.783. The molecule has 0 saturated heterocycles. The van der Waals surface area contributed by atoms with Crippen LogP contribution in [0.4, 0.5) is 5.69 Å². The van der Waals surface area contributed by atoms with Gasteiger partial charge in [-0.3, -0.25) is 9.10 Å². The van der Waals surface area contributed by atoms with E-state index in [-0.39, 0.29) is 6.04 Å². The van der Waals surface area contributed by atoms with Crippen molar-refractivity contribution < 1.29 is 22.7 Å². The lowest BCUT2D eigenvalue weighted by Crippen LogP contribution is -2.48. The number of carbonyl (C=O) groups is 1. The molecule has 2 rings (SSSR count). The van der Waals surface area contributed by atoms with Crippen molar-refractivity contribution in [1.29, 1.82) is 0 Å². The van der Waals surface area contributed by atoms with Crippen LogP contribution < -0.4 is 19.1 Å². The number of methoxy groups -OCH3 is 2. The Morgan fingerprint density at radius 1 is 1.00 bits per heavy atom. The van der Waals surface area contributed by atoms with Crippen molar-refractivity contribution in [3.63, 3.8) is 0 Å². The summed E-state index contributed by atoms with van der Waals surface area (Å²) >= 11 is 0. The van der Waals surface area contributed by atoms with E-state index in [0.717, 1.165) is 27.3 Å². The summed E-state index contributed by atoms with van der Waals surface area (Å²) in [6.07, 6.45) is 1.07. The van der Waals surface area contributed by atoms with E-state index >= 15 is 0 Å². The molecule has 30 heavy (non-hydrogen) atoms. The second kappa shape index (κ2) is 9.38. The van der Waals surface area contributed by atoms with Crippen LogP contribution in [0.5, 0.6) is 11.5 Å². The SMILES string of the molecule is COc1ccc(N(C(C)C(=O)NC(C)c2cc(C)ccc2C)S(C)(=O)=O)cc1OC. The third-order valence-corrected chi connectivity index (χ3v) is 6.21. The fraction of sp³-hybridized carbons (Fsp3) is 0.409. The van der Waals surface area contributed by atoms with Gasteiger partial charge in [0.25, 0.3) is 0 Å². The first kappa shape index (κ1) is 23.5. The van der Waals surface area contributed by atoms with E-state index in [9.17, 15) is 13.2 Å². The average molecular weight is 435 g/mol. The quantitative estimate of drug-likeness (QED) is 0.689. The lowest BCUT2D eigenvalue weighted by molar-refractivity contribution is -0.122. The van der Waals surface area contributed by atoms with E-state index < -0.39 is 22.0 Å². The molecule has 0 aromatic heterocycles. The van der Waals surface area contributed by atoms with Gasteiger partial charge < -0.3 is 14.8 Å². The molecule has 0 fully saturated rings. The predicted molar refractivity (Wildman–Crippen MR) is 119 cm³/mol. The molecule has 2 atom stereocenters. The molecule has 2 aromatic rings. The van der Waals surface area contributed by atoms with Gasteiger partial charge in [0.15, 0.2) is 11.5 Å². The third-order valence-electron chi connectivity index (χ3n) is 4.97. The molecule has 1 amide bonds. The summed E-state index contributed by atoms with van der Waals surface area (Å²) in [6, 6.07) is 9.53. The minimum atomic E-state index is -3.75. The third kappa shape index (κ3) is 5.24. The maximum absolute atomic E-state index is 13.0. The molecule has 0 aliphatic heterocycles. The van der Waals surface area contributed by atoms with E-state index in [2.05, 4.69) is 5.32 Å². The summed E-state index contributed by atoms with van der Waals surface area (Å²) in [5.41, 5.74) is 3.46. The molecule has 0 aliphatic rings. The highest BCUT2D eigenvalue weighted by Crippen LogP contribution is 2.33. The topological polar surface area (TPSA) is 84.9 Å². The molecule has 0 radical (unpaired) electrons. The highest BCUT2D eigenvalue weighted by Gasteiger charge is 2.30. The van der Waals surface area contributed by atoms with Crippen molar-refractivity contribution in [2.45, 2.75) is 39.8 Å². The highest BCUT2D eigenvalue weighted by molar-refractivity contribution is 7.92. The first-order valence-corrected chi connectivity index (χ1v) is 11.4. The van der Waals surface area contributed by atoms with Gasteiger partial charge in [-0.05, 0) is 51.0 Å². The lowest BCUT2D eigenvalue weighted by atomic mass is 10.00. The molecule has 0 aliphatic carbocycles. The lowest BCUT2D eigenvalue weighted by Gasteiger charge is -2.30. The number of carbonyl (C=O) groups excluding carboxylic acids is 1. The van der Waals surface area contributed by atoms with E-state index in [0.29, 0.717) is 17.2 Å². The van der Waals surface area contributed by atoms with Gasteiger partial charge in [-0.25, -0.2) is 8.42 Å². The second-order valence-corrected chi connectivity index (χ2v) is 9.22. The van der Waals surface area contributed by atoms with Gasteiger partial charge in [-0.15, -0.1) is 0 Å². The van der Waals surface area contributed by atoms with Gasteiger partial charge in [0.2, 0.25) is 15.9 Å². The Kier molecular flexibility index (Phi) is 7.36. The zero-order chi connectivity index (χ0) is 22.6. The van der Waals surface area contributed by atoms with Crippen LogP contribution in [0.2, 0.25) is 0 Å². The number of nitrogens with zero attached hydrogens (tertiary/aromatic N) is 1. The maximum atomic E-state index is 13.0. The van der Waals surface area contributed by atoms with E-state index in [4.69, 9.17) is 9.47 Å². The Morgan fingerprint density at radius 2 is 1.63 bits per heavy atom. The standard InChI is InChI=1S/C22H30N2O5S/c1-14-8-9-15(2)19(12-14)16(3)23-22(25)17(4)24(30(7,26)27)18-10-11-20(28-5)21(13-18)29-6/h8-13,16-17H,1-7H3,(H,23,25). The maximum Gasteiger partial charge on any atom is 0.244 e. The molecular weight excluding hydrogens is 404 g/mol. The van der Waals surface area contributed by atoms with Crippen LogP contribution in [-0.4, -0.2) is 40.8 Å². The van der Waals surface area contributed by atoms with Crippen molar-refractivity contribution in [2.75, 3.05) is 24.8 Å². The molecule has 8 heteroatoms. The molecular formula is C22H30N2O5S. The van der Waals surface area contributed by atoms with Gasteiger partial charge in [-0.2, -0.15) is 0 Å². The zero-order valence-electron chi connectivity index (χ0n) is 18.5. The molecule has 0 spiro atoms. The molecule has 164 valence electrons. The fourth-order valence-electron chi connectivity index (χ4n) is 3.41. The van der Waals surface area contributed by atoms with Crippen molar-refractivity contribution >= 4 is 21.6 Å². The van der Waals surface area contributed by atoms with Crippen LogP contribution in [0.1, 0.15) is 36.6 Å². The first-order valence-electron chi connectivity index (χ1n) is 9.58. The van der Waals surface area contributed by atoms with E-state index in [1.807, 2.05) is 39.0 Å². The van der Waals surface area contributed by atoms with Crippen LogP contribution >= 0.6 is 0 Å². The van der Waals surface area contributed by atoms with Gasteiger partial charge in [-0.1, -0.05) is 23.8 Å². The number of aryl methyl sites for hydroxylation is 2. The molecule has 2 aromatic carbocycles. The summed E-state index contributed by atoms with van der Waals surface area (Å²) in [4.78, 5) is 13.0. The smallest absolute Gasteiger partial charge is 0.244 e. The summed E-state index contributed by atoms with van der Waals surface area (Å²) < 4.78 is 36.7. The second-order valence-electron chi connectivity index (χ2n) is 7.36. The monoisotopic (exact) mass is 434 g/mol. The Morgan fingerprint density at radius 3 is 2.20 bits per heavy atom. The average Bonchev–Trinajstić information content (AvgIpc) is 2.68. The number of anilines is 1. The van der Waals surface area contributed by atoms with Crippen LogP contribution in [0.25, 0.3) is 0 Å². The molecule has 0 heterocycles. The minimum Gasteiger partial charge on any atom is -0.493 e. The van der Waals surface area contributed by atoms with Crippen molar-refractivity contribution in [3.8, 4) is 11.5 Å². The normalized spacial score (nSPS) is 13.3. The minimum absolute atomic E-state index is 0.272. The Labute approximate surface area is 179 Å². The number of ether oxygens (including phenoxy) is 2. The van der Waals surface area contributed by atoms with Crippen LogP contribution in [-0.2, 0) is 14.8 Å². The van der Waals surface area contributed by atoms with Crippen LogP contribution in [0.15, 0.2) is 36.4 Å². The molecule has 0 bridgehead atoms. The molecule has 0 saturated carbocycles. The van der Waals surface area contributed by atoms with Crippen LogP contribution in [0, 0.1) is 13.8 Å². The zero-order valence-corrected chi connectivity index (χ0v) is 19.3. The van der Waals surface area contributed by atoms with Gasteiger partial charge >= 0.3 is 0 Å². The number of rotatable bonds is 8. The predicted octanol–water partition coefficient (Wildman–Crippen LogP) is 3.35. The van der Waals surface area contributed by atoms with Crippen molar-refractivity contribution in [2.24, 2.45) is 0 Å². The van der Waals surface area contributed by atoms with Gasteiger partial charge in [0, 0.05) is 6.07 Å². The van der Waals surface area contributed by atoms with Crippen molar-refractivity contribution in [1.82, 2.24) is 5.32 Å². The number of nitrogens with one attached hydrogen (secondary N) is 1. The summed E-state index contributed by atoms with van der Waals surface area (Å²) in [6.45, 7) is 7.41. The molecule has 7 nitrogen and oxygen atoms in total. The Hall–Kier alpha value is -2.74. The molecule has 1 N–H and O–H groups in total. The van der Waals surface area contributed by atoms with E-state index in [1.54, 1.807) is 19.1 Å². The Balaban J connectivity index is 2.34. The first-order chi connectivity index (χ1) is 14.0. The number of sulfonamides is 1. The number of hydrogen-bond donors (Lipinski definition) is 1. The number of hydrogen-bond acceptors (Lipinski definition) is 5. The van der Waals surface area contributed by atoms with Crippen molar-refractivity contribution in [3.05, 3.63) is 53.1 Å². The van der Waals surface area contributed by atoms with Crippen LogP contribution in [0.3, 0.4) is 0 Å². The largest absolute Gasteiger partial charge is 0.493 e. The number of amides is 1. The Bertz CT molecular complexity index is 1020.